The Hall–Kier alpha value is -3.82. The zero-order chi connectivity index (χ0) is 35.4. The molecule has 19 nitrogen and oxygen atoms in total. The van der Waals surface area contributed by atoms with Crippen LogP contribution in [0.25, 0.3) is 0 Å². The molecule has 0 aliphatic heterocycles. The number of nitrogens with two attached hydrogens (primary N) is 4. The van der Waals surface area contributed by atoms with Gasteiger partial charge in [0, 0.05) is 18.1 Å². The van der Waals surface area contributed by atoms with E-state index in [2.05, 4.69) is 57.2 Å². The van der Waals surface area contributed by atoms with Crippen LogP contribution in [0.2, 0.25) is 0 Å². The van der Waals surface area contributed by atoms with Gasteiger partial charge < -0.3 is 59.9 Å². The van der Waals surface area contributed by atoms with Gasteiger partial charge in [0.1, 0.15) is 30.2 Å². The average molecular weight is 694 g/mol. The molecule has 46 heavy (non-hydrogen) atoms. The second-order valence-corrected chi connectivity index (χ2v) is 11.0. The highest BCUT2D eigenvalue weighted by molar-refractivity contribution is 7.80. The van der Waals surface area contributed by atoms with E-state index >= 15 is 0 Å². The predicted molar refractivity (Wildman–Crippen MR) is 175 cm³/mol. The Bertz CT molecular complexity index is 1080. The molecule has 0 aromatic carbocycles. The normalized spacial score (nSPS) is 14.6. The number of rotatable bonds is 23. The molecule has 0 aliphatic rings. The highest BCUT2D eigenvalue weighted by Crippen LogP contribution is 2.06. The van der Waals surface area contributed by atoms with Crippen LogP contribution < -0.4 is 54.8 Å². The smallest absolute Gasteiger partial charge is 0.327 e. The first-order valence-corrected chi connectivity index (χ1v) is 15.6. The summed E-state index contributed by atoms with van der Waals surface area (Å²) in [7, 11) is 0. The first kappa shape index (κ1) is 42.2. The van der Waals surface area contributed by atoms with E-state index in [1.165, 1.54) is 6.92 Å². The van der Waals surface area contributed by atoms with Gasteiger partial charge in [-0.3, -0.25) is 34.2 Å². The second-order valence-electron chi connectivity index (χ2n) is 10.2. The molecule has 0 aliphatic carbocycles. The monoisotopic (exact) mass is 693 g/mol. The van der Waals surface area contributed by atoms with E-state index in [0.29, 0.717) is 19.4 Å². The van der Waals surface area contributed by atoms with Gasteiger partial charge in [-0.25, -0.2) is 4.79 Å². The minimum Gasteiger partial charge on any atom is -0.480 e. The van der Waals surface area contributed by atoms with Gasteiger partial charge in [-0.05, 0) is 45.6 Å². The maximum Gasteiger partial charge on any atom is 0.327 e. The Morgan fingerprint density at radius 3 is 1.72 bits per heavy atom. The number of carbonyl (C=O) groups excluding carboxylic acids is 6. The Morgan fingerprint density at radius 1 is 0.717 bits per heavy atom. The first-order valence-electron chi connectivity index (χ1n) is 14.4. The Balaban J connectivity index is 5.82. The van der Waals surface area contributed by atoms with Gasteiger partial charge in [-0.1, -0.05) is 0 Å². The van der Waals surface area contributed by atoms with Crippen LogP contribution >= 0.6 is 25.3 Å². The largest absolute Gasteiger partial charge is 0.480 e. The van der Waals surface area contributed by atoms with Crippen molar-refractivity contribution in [3.63, 3.8) is 0 Å². The number of hydrogen-bond acceptors (Lipinski definition) is 12. The zero-order valence-corrected chi connectivity index (χ0v) is 27.3. The molecule has 0 aromatic rings. The summed E-state index contributed by atoms with van der Waals surface area (Å²) in [4.78, 5) is 87.3. The number of aliphatic carboxylic acids is 1. The Labute approximate surface area is 277 Å². The lowest BCUT2D eigenvalue weighted by Gasteiger charge is -2.26. The third-order valence-corrected chi connectivity index (χ3v) is 7.08. The van der Waals surface area contributed by atoms with Gasteiger partial charge in [0.15, 0.2) is 5.96 Å². The highest BCUT2D eigenvalue weighted by atomic mass is 32.1. The summed E-state index contributed by atoms with van der Waals surface area (Å²) in [6.45, 7) is 1.79. The summed E-state index contributed by atoms with van der Waals surface area (Å²) in [5.74, 6) is -7.02. The molecule has 0 bridgehead atoms. The van der Waals surface area contributed by atoms with Crippen molar-refractivity contribution in [2.75, 3.05) is 24.6 Å². The van der Waals surface area contributed by atoms with E-state index in [1.807, 2.05) is 0 Å². The number of carbonyl (C=O) groups is 7. The quantitative estimate of drug-likeness (QED) is 0.0207. The molecule has 262 valence electrons. The van der Waals surface area contributed by atoms with Crippen LogP contribution in [0, 0.1) is 5.41 Å². The molecule has 0 saturated heterocycles. The fourth-order valence-corrected chi connectivity index (χ4v) is 4.15. The van der Waals surface area contributed by atoms with Crippen molar-refractivity contribution < 1.29 is 38.7 Å². The molecular formula is C25H47N11O8S2. The van der Waals surface area contributed by atoms with Gasteiger partial charge in [0.2, 0.25) is 35.4 Å². The number of hydrogen-bond donors (Lipinski definition) is 14. The third kappa shape index (κ3) is 17.0. The summed E-state index contributed by atoms with van der Waals surface area (Å²) in [6.07, 6.45) is 0.803. The number of amides is 6. The second kappa shape index (κ2) is 22.6. The number of guanidine groups is 1. The maximum atomic E-state index is 13.3. The van der Waals surface area contributed by atoms with Crippen LogP contribution in [0.5, 0.6) is 0 Å². The third-order valence-electron chi connectivity index (χ3n) is 6.32. The lowest BCUT2D eigenvalue weighted by Crippen LogP contribution is -2.59. The molecule has 0 saturated carbocycles. The molecule has 0 fully saturated rings. The SMILES string of the molecule is C[C@H](NC(=O)[C@H](CCCNC(=N)N)NC(=O)[C@H](CCCCN)NC(=O)[C@@H](N)CS)C(=O)N[C@@H](CC(N)=O)C(=O)N[C@@H](CS)C(=O)O. The van der Waals surface area contributed by atoms with Crippen LogP contribution in [-0.4, -0.2) is 113 Å². The van der Waals surface area contributed by atoms with Gasteiger partial charge >= 0.3 is 5.97 Å². The molecule has 16 N–H and O–H groups in total. The van der Waals surface area contributed by atoms with E-state index in [9.17, 15) is 33.6 Å². The molecule has 6 amide bonds. The van der Waals surface area contributed by atoms with Crippen LogP contribution in [0.3, 0.4) is 0 Å². The number of thiol groups is 2. The van der Waals surface area contributed by atoms with Crippen molar-refractivity contribution in [1.82, 2.24) is 31.9 Å². The first-order chi connectivity index (χ1) is 21.6. The van der Waals surface area contributed by atoms with Gasteiger partial charge in [0.05, 0.1) is 12.5 Å². The molecule has 0 spiro atoms. The maximum absolute atomic E-state index is 13.3. The van der Waals surface area contributed by atoms with E-state index in [-0.39, 0.29) is 43.3 Å². The van der Waals surface area contributed by atoms with Crippen LogP contribution in [0.4, 0.5) is 0 Å². The topological polar surface area (TPSA) is 340 Å². The summed E-state index contributed by atoms with van der Waals surface area (Å²) < 4.78 is 0. The molecule has 6 atom stereocenters. The number of nitrogens with one attached hydrogen (secondary N) is 7. The molecule has 0 radical (unpaired) electrons. The number of unbranched alkanes of at least 4 members (excludes halogenated alkanes) is 1. The van der Waals surface area contributed by atoms with Gasteiger partial charge in [0.25, 0.3) is 0 Å². The Kier molecular flexibility index (Phi) is 20.8. The fraction of sp³-hybridized carbons (Fsp3) is 0.680. The number of carboxylic acids is 1. The lowest BCUT2D eigenvalue weighted by molar-refractivity contribution is -0.141. The molecule has 21 heteroatoms. The van der Waals surface area contributed by atoms with Crippen molar-refractivity contribution in [2.45, 2.75) is 81.7 Å². The number of carboxylic acid groups (broad SMARTS) is 1. The van der Waals surface area contributed by atoms with Crippen molar-refractivity contribution in [3.8, 4) is 0 Å². The van der Waals surface area contributed by atoms with Crippen LogP contribution in [-0.2, 0) is 33.6 Å². The summed E-state index contributed by atoms with van der Waals surface area (Å²) in [6, 6.07) is -7.60. The van der Waals surface area contributed by atoms with Crippen LogP contribution in [0.15, 0.2) is 0 Å². The van der Waals surface area contributed by atoms with E-state index in [4.69, 9.17) is 33.5 Å². The van der Waals surface area contributed by atoms with E-state index in [1.54, 1.807) is 0 Å². The van der Waals surface area contributed by atoms with Crippen molar-refractivity contribution in [1.29, 1.82) is 5.41 Å². The van der Waals surface area contributed by atoms with Crippen molar-refractivity contribution >= 4 is 72.6 Å². The number of primary amides is 1. The van der Waals surface area contributed by atoms with Gasteiger partial charge in [-0.15, -0.1) is 0 Å². The minimum absolute atomic E-state index is 0.0127. The van der Waals surface area contributed by atoms with Crippen molar-refractivity contribution in [3.05, 3.63) is 0 Å². The van der Waals surface area contributed by atoms with E-state index in [0.717, 1.165) is 0 Å². The fourth-order valence-electron chi connectivity index (χ4n) is 3.74. The lowest BCUT2D eigenvalue weighted by atomic mass is 10.1. The van der Waals surface area contributed by atoms with Crippen molar-refractivity contribution in [2.24, 2.45) is 22.9 Å². The summed E-state index contributed by atoms with van der Waals surface area (Å²) >= 11 is 7.84. The minimum atomic E-state index is -1.57. The van der Waals surface area contributed by atoms with E-state index < -0.39 is 84.1 Å². The molecule has 0 unspecified atom stereocenters. The average Bonchev–Trinajstić information content (AvgIpc) is 2.98. The molecule has 0 rings (SSSR count). The highest BCUT2D eigenvalue weighted by Gasteiger charge is 2.31. The summed E-state index contributed by atoms with van der Waals surface area (Å²) in [5, 5.41) is 31.0. The molecule has 0 heterocycles. The standard InChI is InChI=1S/C25H47N11O8S2/c1-12(19(38)35-16(9-18(28)37)23(42)36-17(11-46)24(43)44)32-21(40)15(6-4-8-31-25(29)30)34-22(41)14(5-2-3-7-26)33-20(39)13(27)10-45/h12-17,45-46H,2-11,26-27H2,1H3,(H2,28,37)(H,32,40)(H,33,39)(H,34,41)(H,35,38)(H,36,42)(H,43,44)(H4,29,30,31)/t12-,13-,14-,15-,16-,17-/m0/s1. The zero-order valence-electron chi connectivity index (χ0n) is 25.5. The van der Waals surface area contributed by atoms with Crippen LogP contribution in [0.1, 0.15) is 45.4 Å². The van der Waals surface area contributed by atoms with Gasteiger partial charge in [-0.2, -0.15) is 25.3 Å². The summed E-state index contributed by atoms with van der Waals surface area (Å²) in [5.41, 5.74) is 21.7. The predicted octanol–water partition coefficient (Wildman–Crippen LogP) is -5.03. The Morgan fingerprint density at radius 2 is 1.22 bits per heavy atom. The molecule has 0 aromatic heterocycles. The molecular weight excluding hydrogens is 646 g/mol.